The van der Waals surface area contributed by atoms with Gasteiger partial charge in [-0.25, -0.2) is 0 Å². The Bertz CT molecular complexity index is 258. The Balaban J connectivity index is 2.14. The Morgan fingerprint density at radius 2 is 2.00 bits per heavy atom. The van der Waals surface area contributed by atoms with Crippen molar-refractivity contribution in [3.8, 4) is 0 Å². The number of piperazine rings is 1. The summed E-state index contributed by atoms with van der Waals surface area (Å²) in [4.78, 5) is 16.3. The fraction of sp³-hybridized carbons (Fsp3) is 0.786. The normalized spacial score (nSPS) is 17.2. The molecule has 4 heteroatoms. The highest BCUT2D eigenvalue weighted by atomic mass is 16.2. The van der Waals surface area contributed by atoms with Crippen molar-refractivity contribution in [3.05, 3.63) is 12.7 Å². The Kier molecular flexibility index (Phi) is 6.98. The van der Waals surface area contributed by atoms with Crippen LogP contribution in [-0.4, -0.2) is 61.0 Å². The first-order valence-electron chi connectivity index (χ1n) is 6.98. The lowest BCUT2D eigenvalue weighted by atomic mass is 10.2. The van der Waals surface area contributed by atoms with Crippen LogP contribution in [0.3, 0.4) is 0 Å². The van der Waals surface area contributed by atoms with Crippen LogP contribution in [0, 0.1) is 0 Å². The number of nitrogens with one attached hydrogen (secondary N) is 1. The topological polar surface area (TPSA) is 35.6 Å². The fourth-order valence-electron chi connectivity index (χ4n) is 2.15. The average Bonchev–Trinajstić information content (AvgIpc) is 2.35. The molecule has 0 spiro atoms. The maximum Gasteiger partial charge on any atom is 0.222 e. The quantitative estimate of drug-likeness (QED) is 0.545. The number of hydrogen-bond donors (Lipinski definition) is 1. The predicted octanol–water partition coefficient (Wildman–Crippen LogP) is 1.09. The van der Waals surface area contributed by atoms with Crippen LogP contribution in [0.5, 0.6) is 0 Å². The van der Waals surface area contributed by atoms with Crippen LogP contribution in [0.25, 0.3) is 0 Å². The lowest BCUT2D eigenvalue weighted by Gasteiger charge is -2.34. The Morgan fingerprint density at radius 1 is 1.33 bits per heavy atom. The average molecular weight is 253 g/mol. The number of hydrogen-bond acceptors (Lipinski definition) is 3. The monoisotopic (exact) mass is 253 g/mol. The van der Waals surface area contributed by atoms with Gasteiger partial charge in [0.25, 0.3) is 0 Å². The number of nitrogens with zero attached hydrogens (tertiary/aromatic N) is 2. The first kappa shape index (κ1) is 15.2. The molecular formula is C14H27N3O. The molecule has 4 nitrogen and oxygen atoms in total. The molecule has 1 aliphatic rings. The first-order chi connectivity index (χ1) is 8.63. The van der Waals surface area contributed by atoms with Gasteiger partial charge in [-0.05, 0) is 13.0 Å². The molecule has 1 fully saturated rings. The minimum atomic E-state index is 0.304. The standard InChI is InChI=1S/C14H27N3O/c1-4-8-16-9-11-17(12-10-16)14(18)6-5-7-15-13(2)3/h4,13,15H,1,5-12H2,2-3H3. The van der Waals surface area contributed by atoms with Crippen molar-refractivity contribution in [1.82, 2.24) is 15.1 Å². The van der Waals surface area contributed by atoms with E-state index in [1.54, 1.807) is 0 Å². The second-order valence-electron chi connectivity index (χ2n) is 5.18. The molecule has 1 N–H and O–H groups in total. The highest BCUT2D eigenvalue weighted by molar-refractivity contribution is 5.76. The lowest BCUT2D eigenvalue weighted by Crippen LogP contribution is -2.48. The molecule has 18 heavy (non-hydrogen) atoms. The smallest absolute Gasteiger partial charge is 0.222 e. The maximum absolute atomic E-state index is 12.0. The van der Waals surface area contributed by atoms with E-state index in [1.807, 2.05) is 11.0 Å². The third kappa shape index (κ3) is 5.65. The SMILES string of the molecule is C=CCN1CCN(C(=O)CCCNC(C)C)CC1. The molecule has 104 valence electrons. The first-order valence-corrected chi connectivity index (χ1v) is 6.98. The molecule has 0 bridgehead atoms. The van der Waals surface area contributed by atoms with E-state index in [9.17, 15) is 4.79 Å². The molecule has 1 rings (SSSR count). The summed E-state index contributed by atoms with van der Waals surface area (Å²) in [7, 11) is 0. The van der Waals surface area contributed by atoms with Crippen LogP contribution in [-0.2, 0) is 4.79 Å². The van der Waals surface area contributed by atoms with Crippen molar-refractivity contribution in [1.29, 1.82) is 0 Å². The third-order valence-electron chi connectivity index (χ3n) is 3.23. The van der Waals surface area contributed by atoms with E-state index < -0.39 is 0 Å². The zero-order valence-electron chi connectivity index (χ0n) is 11.8. The molecule has 1 heterocycles. The van der Waals surface area contributed by atoms with Crippen molar-refractivity contribution in [3.63, 3.8) is 0 Å². The summed E-state index contributed by atoms with van der Waals surface area (Å²) in [5, 5.41) is 3.34. The molecule has 0 aromatic carbocycles. The summed E-state index contributed by atoms with van der Waals surface area (Å²) in [5.74, 6) is 0.304. The van der Waals surface area contributed by atoms with Gasteiger partial charge < -0.3 is 10.2 Å². The molecule has 0 atom stereocenters. The van der Waals surface area contributed by atoms with Gasteiger partial charge in [0.15, 0.2) is 0 Å². The van der Waals surface area contributed by atoms with E-state index in [0.717, 1.165) is 45.7 Å². The van der Waals surface area contributed by atoms with Crippen LogP contribution in [0.2, 0.25) is 0 Å². The van der Waals surface area contributed by atoms with Gasteiger partial charge in [-0.15, -0.1) is 6.58 Å². The van der Waals surface area contributed by atoms with Gasteiger partial charge in [-0.1, -0.05) is 19.9 Å². The van der Waals surface area contributed by atoms with Crippen molar-refractivity contribution in [2.24, 2.45) is 0 Å². The van der Waals surface area contributed by atoms with E-state index in [-0.39, 0.29) is 0 Å². The van der Waals surface area contributed by atoms with Gasteiger partial charge in [0, 0.05) is 45.2 Å². The molecular weight excluding hydrogens is 226 g/mol. The Morgan fingerprint density at radius 3 is 2.56 bits per heavy atom. The summed E-state index contributed by atoms with van der Waals surface area (Å²) in [6.07, 6.45) is 3.53. The fourth-order valence-corrected chi connectivity index (χ4v) is 2.15. The highest BCUT2D eigenvalue weighted by Gasteiger charge is 2.19. The van der Waals surface area contributed by atoms with Crippen LogP contribution >= 0.6 is 0 Å². The van der Waals surface area contributed by atoms with Crippen LogP contribution < -0.4 is 5.32 Å². The van der Waals surface area contributed by atoms with Crippen molar-refractivity contribution >= 4 is 5.91 Å². The molecule has 0 saturated carbocycles. The van der Waals surface area contributed by atoms with Gasteiger partial charge in [-0.2, -0.15) is 0 Å². The number of amides is 1. The van der Waals surface area contributed by atoms with Gasteiger partial charge in [-0.3, -0.25) is 9.69 Å². The van der Waals surface area contributed by atoms with Gasteiger partial charge in [0.2, 0.25) is 5.91 Å². The molecule has 0 unspecified atom stereocenters. The van der Waals surface area contributed by atoms with Crippen molar-refractivity contribution in [2.45, 2.75) is 32.7 Å². The molecule has 1 aliphatic heterocycles. The summed E-state index contributed by atoms with van der Waals surface area (Å²) in [5.41, 5.74) is 0. The minimum Gasteiger partial charge on any atom is -0.340 e. The minimum absolute atomic E-state index is 0.304. The van der Waals surface area contributed by atoms with Crippen LogP contribution in [0.4, 0.5) is 0 Å². The van der Waals surface area contributed by atoms with E-state index in [1.165, 1.54) is 0 Å². The van der Waals surface area contributed by atoms with Gasteiger partial charge in [0.1, 0.15) is 0 Å². The largest absolute Gasteiger partial charge is 0.340 e. The van der Waals surface area contributed by atoms with Gasteiger partial charge in [0.05, 0.1) is 0 Å². The molecule has 0 aliphatic carbocycles. The second kappa shape index (κ2) is 8.27. The second-order valence-corrected chi connectivity index (χ2v) is 5.18. The number of carbonyl (C=O) groups is 1. The van der Waals surface area contributed by atoms with Crippen LogP contribution in [0.1, 0.15) is 26.7 Å². The number of carbonyl (C=O) groups excluding carboxylic acids is 1. The summed E-state index contributed by atoms with van der Waals surface area (Å²) >= 11 is 0. The zero-order valence-corrected chi connectivity index (χ0v) is 11.8. The molecule has 0 radical (unpaired) electrons. The summed E-state index contributed by atoms with van der Waals surface area (Å²) < 4.78 is 0. The molecule has 1 amide bonds. The van der Waals surface area contributed by atoms with Gasteiger partial charge >= 0.3 is 0 Å². The maximum atomic E-state index is 12.0. The molecule has 0 aromatic rings. The number of rotatable bonds is 7. The molecule has 0 aromatic heterocycles. The van der Waals surface area contributed by atoms with E-state index in [4.69, 9.17) is 0 Å². The zero-order chi connectivity index (χ0) is 13.4. The van der Waals surface area contributed by atoms with E-state index in [2.05, 4.69) is 30.6 Å². The van der Waals surface area contributed by atoms with Crippen molar-refractivity contribution < 1.29 is 4.79 Å². The third-order valence-corrected chi connectivity index (χ3v) is 3.23. The summed E-state index contributed by atoms with van der Waals surface area (Å²) in [6, 6.07) is 0.502. The van der Waals surface area contributed by atoms with E-state index in [0.29, 0.717) is 18.4 Å². The Hall–Kier alpha value is -0.870. The van der Waals surface area contributed by atoms with Crippen molar-refractivity contribution in [2.75, 3.05) is 39.3 Å². The Labute approximate surface area is 111 Å². The highest BCUT2D eigenvalue weighted by Crippen LogP contribution is 2.05. The lowest BCUT2D eigenvalue weighted by molar-refractivity contribution is -0.132. The van der Waals surface area contributed by atoms with Crippen LogP contribution in [0.15, 0.2) is 12.7 Å². The molecule has 1 saturated heterocycles. The predicted molar refractivity (Wildman–Crippen MR) is 75.6 cm³/mol. The summed E-state index contributed by atoms with van der Waals surface area (Å²) in [6.45, 7) is 13.5. The van der Waals surface area contributed by atoms with E-state index >= 15 is 0 Å².